The van der Waals surface area contributed by atoms with Crippen molar-refractivity contribution in [2.75, 3.05) is 13.2 Å². The Bertz CT molecular complexity index is 1040. The average molecular weight is 473 g/mol. The third-order valence-electron chi connectivity index (χ3n) is 5.84. The van der Waals surface area contributed by atoms with Gasteiger partial charge in [0.15, 0.2) is 0 Å². The summed E-state index contributed by atoms with van der Waals surface area (Å²) in [5.74, 6) is 0.629. The maximum absolute atomic E-state index is 13.5. The van der Waals surface area contributed by atoms with Gasteiger partial charge in [-0.05, 0) is 43.0 Å². The predicted octanol–water partition coefficient (Wildman–Crippen LogP) is 5.32. The molecule has 0 aliphatic rings. The lowest BCUT2D eigenvalue weighted by atomic mass is 10.0. The van der Waals surface area contributed by atoms with Crippen LogP contribution in [0.3, 0.4) is 0 Å². The summed E-state index contributed by atoms with van der Waals surface area (Å²) in [5.41, 5.74) is 3.19. The van der Waals surface area contributed by atoms with Gasteiger partial charge < -0.3 is 15.0 Å². The summed E-state index contributed by atoms with van der Waals surface area (Å²) in [6.45, 7) is 5.47. The zero-order valence-corrected chi connectivity index (χ0v) is 20.8. The smallest absolute Gasteiger partial charge is 0.243 e. The van der Waals surface area contributed by atoms with Gasteiger partial charge >= 0.3 is 0 Å². The van der Waals surface area contributed by atoms with Gasteiger partial charge in [-0.3, -0.25) is 9.59 Å². The second-order valence-corrected chi connectivity index (χ2v) is 8.77. The average Bonchev–Trinajstić information content (AvgIpc) is 2.89. The zero-order valence-electron chi connectivity index (χ0n) is 20.8. The molecule has 5 nitrogen and oxygen atoms in total. The van der Waals surface area contributed by atoms with E-state index >= 15 is 0 Å². The predicted molar refractivity (Wildman–Crippen MR) is 140 cm³/mol. The van der Waals surface area contributed by atoms with Gasteiger partial charge in [0.25, 0.3) is 0 Å². The number of rotatable bonds is 13. The fourth-order valence-electron chi connectivity index (χ4n) is 3.88. The number of hydrogen-bond donors (Lipinski definition) is 1. The molecule has 3 aromatic rings. The van der Waals surface area contributed by atoms with Crippen LogP contribution >= 0.6 is 0 Å². The number of para-hydroxylation sites is 1. The van der Waals surface area contributed by atoms with Crippen LogP contribution in [0, 0.1) is 6.92 Å². The van der Waals surface area contributed by atoms with Gasteiger partial charge in [0.2, 0.25) is 11.8 Å². The summed E-state index contributed by atoms with van der Waals surface area (Å²) >= 11 is 0. The van der Waals surface area contributed by atoms with Crippen molar-refractivity contribution in [2.24, 2.45) is 0 Å². The van der Waals surface area contributed by atoms with E-state index in [1.165, 1.54) is 0 Å². The molecule has 35 heavy (non-hydrogen) atoms. The maximum Gasteiger partial charge on any atom is 0.243 e. The Kier molecular flexibility index (Phi) is 10.4. The molecule has 0 radical (unpaired) electrons. The second-order valence-electron chi connectivity index (χ2n) is 8.77. The van der Waals surface area contributed by atoms with E-state index in [4.69, 9.17) is 4.74 Å². The number of hydrogen-bond acceptors (Lipinski definition) is 3. The van der Waals surface area contributed by atoms with Crippen molar-refractivity contribution in [3.05, 3.63) is 102 Å². The fourth-order valence-corrected chi connectivity index (χ4v) is 3.88. The minimum atomic E-state index is -0.590. The number of amides is 2. The first-order valence-electron chi connectivity index (χ1n) is 12.4. The number of ether oxygens (including phenoxy) is 1. The van der Waals surface area contributed by atoms with Crippen molar-refractivity contribution >= 4 is 11.8 Å². The molecule has 0 aliphatic carbocycles. The summed E-state index contributed by atoms with van der Waals surface area (Å²) in [6, 6.07) is 27.0. The summed E-state index contributed by atoms with van der Waals surface area (Å²) in [6.07, 6.45) is 2.19. The molecule has 3 rings (SSSR count). The Hall–Kier alpha value is -3.60. The molecular formula is C30H36N2O3. The van der Waals surface area contributed by atoms with Crippen molar-refractivity contribution in [1.82, 2.24) is 10.2 Å². The summed E-state index contributed by atoms with van der Waals surface area (Å²) in [5, 5.41) is 3.01. The van der Waals surface area contributed by atoms with Gasteiger partial charge in [-0.2, -0.15) is 0 Å². The zero-order chi connectivity index (χ0) is 24.9. The normalized spacial score (nSPS) is 11.5. The third-order valence-corrected chi connectivity index (χ3v) is 5.84. The van der Waals surface area contributed by atoms with E-state index in [-0.39, 0.29) is 11.8 Å². The van der Waals surface area contributed by atoms with Crippen molar-refractivity contribution in [1.29, 1.82) is 0 Å². The summed E-state index contributed by atoms with van der Waals surface area (Å²) in [7, 11) is 0. The molecule has 0 heterocycles. The topological polar surface area (TPSA) is 58.6 Å². The van der Waals surface area contributed by atoms with E-state index in [0.29, 0.717) is 39.0 Å². The molecule has 0 saturated heterocycles. The quantitative estimate of drug-likeness (QED) is 0.343. The maximum atomic E-state index is 13.5. The van der Waals surface area contributed by atoms with Crippen LogP contribution in [-0.4, -0.2) is 35.9 Å². The first-order chi connectivity index (χ1) is 17.1. The van der Waals surface area contributed by atoms with Crippen LogP contribution in [0.4, 0.5) is 0 Å². The van der Waals surface area contributed by atoms with Crippen LogP contribution in [0.2, 0.25) is 0 Å². The number of carbonyl (C=O) groups is 2. The lowest BCUT2D eigenvalue weighted by Gasteiger charge is -2.31. The van der Waals surface area contributed by atoms with Crippen LogP contribution in [0.5, 0.6) is 5.75 Å². The minimum absolute atomic E-state index is 0.0465. The first-order valence-corrected chi connectivity index (χ1v) is 12.4. The van der Waals surface area contributed by atoms with Gasteiger partial charge in [0.1, 0.15) is 11.8 Å². The van der Waals surface area contributed by atoms with E-state index in [2.05, 4.69) is 5.32 Å². The Balaban J connectivity index is 1.77. The summed E-state index contributed by atoms with van der Waals surface area (Å²) in [4.78, 5) is 28.5. The molecule has 0 aromatic heterocycles. The van der Waals surface area contributed by atoms with Crippen molar-refractivity contribution < 1.29 is 14.3 Å². The molecule has 5 heteroatoms. The Morgan fingerprint density at radius 3 is 2.20 bits per heavy atom. The number of aryl methyl sites for hydroxylation is 1. The standard InChI is InChI=1S/C30H36N2O3/c1-3-20-31-30(34)28(22-25-11-6-4-7-12-25)32(23-26-18-16-24(2)17-19-26)29(33)15-10-21-35-27-13-8-5-9-14-27/h4-9,11-14,16-19,28H,3,10,15,20-23H2,1-2H3,(H,31,34). The SMILES string of the molecule is CCCNC(=O)C(Cc1ccccc1)N(Cc1ccc(C)cc1)C(=O)CCCOc1ccccc1. The Labute approximate surface area is 209 Å². The molecular weight excluding hydrogens is 436 g/mol. The summed E-state index contributed by atoms with van der Waals surface area (Å²) < 4.78 is 5.77. The fraction of sp³-hybridized carbons (Fsp3) is 0.333. The van der Waals surface area contributed by atoms with E-state index < -0.39 is 6.04 Å². The lowest BCUT2D eigenvalue weighted by Crippen LogP contribution is -2.50. The molecule has 1 atom stereocenters. The van der Waals surface area contributed by atoms with E-state index in [1.807, 2.05) is 98.8 Å². The molecule has 0 bridgehead atoms. The molecule has 2 amide bonds. The highest BCUT2D eigenvalue weighted by atomic mass is 16.5. The van der Waals surface area contributed by atoms with E-state index in [0.717, 1.165) is 28.9 Å². The number of benzene rings is 3. The Morgan fingerprint density at radius 2 is 1.54 bits per heavy atom. The molecule has 0 aliphatic heterocycles. The molecule has 1 N–H and O–H groups in total. The molecule has 0 saturated carbocycles. The third kappa shape index (κ3) is 8.60. The number of nitrogens with zero attached hydrogens (tertiary/aromatic N) is 1. The van der Waals surface area contributed by atoms with Crippen LogP contribution in [0.1, 0.15) is 42.9 Å². The van der Waals surface area contributed by atoms with E-state index in [1.54, 1.807) is 4.90 Å². The van der Waals surface area contributed by atoms with Crippen molar-refractivity contribution in [2.45, 2.75) is 52.1 Å². The van der Waals surface area contributed by atoms with Crippen molar-refractivity contribution in [3.8, 4) is 5.75 Å². The largest absolute Gasteiger partial charge is 0.494 e. The number of nitrogens with one attached hydrogen (secondary N) is 1. The monoisotopic (exact) mass is 472 g/mol. The van der Waals surface area contributed by atoms with Crippen LogP contribution in [0.15, 0.2) is 84.9 Å². The minimum Gasteiger partial charge on any atom is -0.494 e. The lowest BCUT2D eigenvalue weighted by molar-refractivity contribution is -0.141. The van der Waals surface area contributed by atoms with Crippen LogP contribution < -0.4 is 10.1 Å². The highest BCUT2D eigenvalue weighted by Gasteiger charge is 2.29. The Morgan fingerprint density at radius 1 is 0.886 bits per heavy atom. The molecule has 0 fully saturated rings. The van der Waals surface area contributed by atoms with Gasteiger partial charge in [-0.1, -0.05) is 85.3 Å². The number of carbonyl (C=O) groups excluding carboxylic acids is 2. The molecule has 0 spiro atoms. The van der Waals surface area contributed by atoms with Gasteiger partial charge in [0, 0.05) is 25.9 Å². The molecule has 184 valence electrons. The molecule has 1 unspecified atom stereocenters. The van der Waals surface area contributed by atoms with Crippen LogP contribution in [-0.2, 0) is 22.6 Å². The highest BCUT2D eigenvalue weighted by Crippen LogP contribution is 2.17. The second kappa shape index (κ2) is 14.0. The first kappa shape index (κ1) is 26.0. The van der Waals surface area contributed by atoms with Crippen LogP contribution in [0.25, 0.3) is 0 Å². The highest BCUT2D eigenvalue weighted by molar-refractivity contribution is 5.88. The molecule has 3 aromatic carbocycles. The van der Waals surface area contributed by atoms with Crippen molar-refractivity contribution in [3.63, 3.8) is 0 Å². The van der Waals surface area contributed by atoms with Gasteiger partial charge in [-0.25, -0.2) is 0 Å². The van der Waals surface area contributed by atoms with E-state index in [9.17, 15) is 9.59 Å². The van der Waals surface area contributed by atoms with Gasteiger partial charge in [0.05, 0.1) is 6.61 Å². The van der Waals surface area contributed by atoms with Gasteiger partial charge in [-0.15, -0.1) is 0 Å².